The summed E-state index contributed by atoms with van der Waals surface area (Å²) >= 11 is 0. The predicted molar refractivity (Wildman–Crippen MR) is 101 cm³/mol. The van der Waals surface area contributed by atoms with Gasteiger partial charge in [-0.2, -0.15) is 4.31 Å². The van der Waals surface area contributed by atoms with Gasteiger partial charge in [0.05, 0.1) is 19.0 Å². The van der Waals surface area contributed by atoms with E-state index >= 15 is 0 Å². The molecule has 1 aliphatic carbocycles. The molecule has 0 unspecified atom stereocenters. The van der Waals surface area contributed by atoms with E-state index in [-0.39, 0.29) is 5.75 Å². The van der Waals surface area contributed by atoms with Crippen LogP contribution in [-0.4, -0.2) is 70.9 Å². The first-order valence-electron chi connectivity index (χ1n) is 9.62. The fraction of sp³-hybridized carbons (Fsp3) is 0.941. The molecular formula is C17H34N4O3S. The zero-order valence-electron chi connectivity index (χ0n) is 15.5. The maximum Gasteiger partial charge on any atom is 0.215 e. The number of nitrogens with zero attached hydrogens (tertiary/aromatic N) is 2. The minimum atomic E-state index is -3.22. The average molecular weight is 375 g/mol. The Bertz CT molecular complexity index is 498. The number of guanidine groups is 1. The molecule has 0 aromatic carbocycles. The van der Waals surface area contributed by atoms with E-state index in [0.29, 0.717) is 38.8 Å². The summed E-state index contributed by atoms with van der Waals surface area (Å²) in [6, 6.07) is 0. The van der Waals surface area contributed by atoms with Crippen LogP contribution in [0, 0.1) is 5.92 Å². The van der Waals surface area contributed by atoms with Crippen LogP contribution >= 0.6 is 0 Å². The summed E-state index contributed by atoms with van der Waals surface area (Å²) in [5, 5.41) is 6.39. The van der Waals surface area contributed by atoms with E-state index in [0.717, 1.165) is 18.9 Å². The molecule has 25 heavy (non-hydrogen) atoms. The van der Waals surface area contributed by atoms with Crippen LogP contribution in [0.1, 0.15) is 44.9 Å². The molecule has 1 heterocycles. The van der Waals surface area contributed by atoms with Crippen molar-refractivity contribution in [1.29, 1.82) is 0 Å². The first-order chi connectivity index (χ1) is 12.1. The number of aliphatic imine (C=N–C) groups is 1. The predicted octanol–water partition coefficient (Wildman–Crippen LogP) is 1.17. The number of morpholine rings is 1. The molecule has 2 N–H and O–H groups in total. The Morgan fingerprint density at radius 2 is 1.80 bits per heavy atom. The molecule has 8 heteroatoms. The van der Waals surface area contributed by atoms with Gasteiger partial charge in [-0.25, -0.2) is 8.42 Å². The molecule has 0 amide bonds. The second-order valence-corrected chi connectivity index (χ2v) is 8.99. The highest BCUT2D eigenvalue weighted by Gasteiger charge is 2.23. The number of hydrogen-bond acceptors (Lipinski definition) is 4. The van der Waals surface area contributed by atoms with Gasteiger partial charge in [0.15, 0.2) is 5.96 Å². The van der Waals surface area contributed by atoms with Gasteiger partial charge in [0, 0.05) is 33.2 Å². The standard InChI is InChI=1S/C17H34N4O3S/c1-18-17(19-9-5-8-16-6-3-2-4-7-16)20-10-15-25(22,23)21-11-13-24-14-12-21/h16H,2-15H2,1H3,(H2,18,19,20). The Morgan fingerprint density at radius 1 is 1.12 bits per heavy atom. The largest absolute Gasteiger partial charge is 0.379 e. The molecule has 0 radical (unpaired) electrons. The maximum atomic E-state index is 12.3. The second-order valence-electron chi connectivity index (χ2n) is 6.90. The minimum absolute atomic E-state index is 0.0791. The summed E-state index contributed by atoms with van der Waals surface area (Å²) in [7, 11) is -1.50. The minimum Gasteiger partial charge on any atom is -0.379 e. The van der Waals surface area contributed by atoms with E-state index in [1.807, 2.05) is 0 Å². The Hall–Kier alpha value is -0.860. The van der Waals surface area contributed by atoms with Crippen LogP contribution in [0.4, 0.5) is 0 Å². The van der Waals surface area contributed by atoms with Gasteiger partial charge in [0.2, 0.25) is 10.0 Å². The topological polar surface area (TPSA) is 83.0 Å². The van der Waals surface area contributed by atoms with Crippen molar-refractivity contribution in [3.63, 3.8) is 0 Å². The molecule has 2 fully saturated rings. The molecule has 7 nitrogen and oxygen atoms in total. The molecule has 0 aromatic heterocycles. The summed E-state index contributed by atoms with van der Waals surface area (Å²) in [5.74, 6) is 1.65. The van der Waals surface area contributed by atoms with Crippen molar-refractivity contribution in [3.8, 4) is 0 Å². The number of hydrogen-bond donors (Lipinski definition) is 2. The quantitative estimate of drug-likeness (QED) is 0.379. The molecule has 1 saturated heterocycles. The van der Waals surface area contributed by atoms with Crippen molar-refractivity contribution in [1.82, 2.24) is 14.9 Å². The first-order valence-corrected chi connectivity index (χ1v) is 11.2. The summed E-state index contributed by atoms with van der Waals surface area (Å²) in [6.07, 6.45) is 9.35. The molecule has 1 saturated carbocycles. The van der Waals surface area contributed by atoms with Gasteiger partial charge in [0.1, 0.15) is 0 Å². The summed E-state index contributed by atoms with van der Waals surface area (Å²) < 4.78 is 31.2. The van der Waals surface area contributed by atoms with Gasteiger partial charge >= 0.3 is 0 Å². The fourth-order valence-electron chi connectivity index (χ4n) is 3.55. The van der Waals surface area contributed by atoms with Crippen molar-refractivity contribution < 1.29 is 13.2 Å². The third-order valence-corrected chi connectivity index (χ3v) is 6.92. The SMILES string of the molecule is CN=C(NCCCC1CCCCC1)NCCS(=O)(=O)N1CCOCC1. The molecule has 0 atom stereocenters. The number of rotatable bonds is 8. The fourth-order valence-corrected chi connectivity index (χ4v) is 4.87. The lowest BCUT2D eigenvalue weighted by molar-refractivity contribution is 0.0730. The lowest BCUT2D eigenvalue weighted by atomic mass is 9.86. The number of nitrogens with one attached hydrogen (secondary N) is 2. The van der Waals surface area contributed by atoms with E-state index in [2.05, 4.69) is 15.6 Å². The average Bonchev–Trinajstić information content (AvgIpc) is 2.65. The number of ether oxygens (including phenoxy) is 1. The highest BCUT2D eigenvalue weighted by Crippen LogP contribution is 2.26. The van der Waals surface area contributed by atoms with Gasteiger partial charge in [-0.3, -0.25) is 4.99 Å². The van der Waals surface area contributed by atoms with E-state index in [1.54, 1.807) is 7.05 Å². The first kappa shape index (κ1) is 20.5. The Labute approximate surface area is 152 Å². The van der Waals surface area contributed by atoms with E-state index < -0.39 is 10.0 Å². The van der Waals surface area contributed by atoms with Crippen molar-refractivity contribution in [2.45, 2.75) is 44.9 Å². The summed E-state index contributed by atoms with van der Waals surface area (Å²) in [5.41, 5.74) is 0. The van der Waals surface area contributed by atoms with E-state index in [9.17, 15) is 8.42 Å². The molecule has 0 bridgehead atoms. The smallest absolute Gasteiger partial charge is 0.215 e. The van der Waals surface area contributed by atoms with Crippen LogP contribution < -0.4 is 10.6 Å². The molecule has 146 valence electrons. The van der Waals surface area contributed by atoms with Crippen molar-refractivity contribution in [2.75, 3.05) is 52.2 Å². The Kier molecular flexibility index (Phi) is 8.98. The van der Waals surface area contributed by atoms with Gasteiger partial charge < -0.3 is 15.4 Å². The monoisotopic (exact) mass is 374 g/mol. The third kappa shape index (κ3) is 7.50. The summed E-state index contributed by atoms with van der Waals surface area (Å²) in [6.45, 7) is 3.12. The highest BCUT2D eigenvalue weighted by atomic mass is 32.2. The van der Waals surface area contributed by atoms with E-state index in [4.69, 9.17) is 4.74 Å². The van der Waals surface area contributed by atoms with Gasteiger partial charge in [-0.1, -0.05) is 32.1 Å². The second kappa shape index (κ2) is 11.0. The van der Waals surface area contributed by atoms with Crippen LogP contribution in [0.25, 0.3) is 0 Å². The van der Waals surface area contributed by atoms with Gasteiger partial charge in [-0.05, 0) is 18.8 Å². The maximum absolute atomic E-state index is 12.3. The molecule has 0 aromatic rings. The molecule has 2 rings (SSSR count). The van der Waals surface area contributed by atoms with Crippen molar-refractivity contribution in [3.05, 3.63) is 0 Å². The number of sulfonamides is 1. The lowest BCUT2D eigenvalue weighted by Crippen LogP contribution is -2.45. The molecule has 1 aliphatic heterocycles. The molecule has 0 spiro atoms. The molecule has 2 aliphatic rings. The van der Waals surface area contributed by atoms with E-state index in [1.165, 1.54) is 42.8 Å². The third-order valence-electron chi connectivity index (χ3n) is 5.05. The molecular weight excluding hydrogens is 340 g/mol. The van der Waals surface area contributed by atoms with Crippen LogP contribution in [0.15, 0.2) is 4.99 Å². The van der Waals surface area contributed by atoms with Gasteiger partial charge in [0.25, 0.3) is 0 Å². The zero-order chi connectivity index (χ0) is 18.0. The summed E-state index contributed by atoms with van der Waals surface area (Å²) in [4.78, 5) is 4.17. The lowest BCUT2D eigenvalue weighted by Gasteiger charge is -2.26. The van der Waals surface area contributed by atoms with Crippen LogP contribution in [0.2, 0.25) is 0 Å². The van der Waals surface area contributed by atoms with Crippen LogP contribution in [-0.2, 0) is 14.8 Å². The van der Waals surface area contributed by atoms with Crippen LogP contribution in [0.5, 0.6) is 0 Å². The van der Waals surface area contributed by atoms with Crippen molar-refractivity contribution in [2.24, 2.45) is 10.9 Å². The Balaban J connectivity index is 1.59. The van der Waals surface area contributed by atoms with Gasteiger partial charge in [-0.15, -0.1) is 0 Å². The Morgan fingerprint density at radius 3 is 2.48 bits per heavy atom. The van der Waals surface area contributed by atoms with Crippen molar-refractivity contribution >= 4 is 16.0 Å². The van der Waals surface area contributed by atoms with Crippen LogP contribution in [0.3, 0.4) is 0 Å². The normalized spacial score (nSPS) is 21.2. The highest BCUT2D eigenvalue weighted by molar-refractivity contribution is 7.89. The zero-order valence-corrected chi connectivity index (χ0v) is 16.3.